The van der Waals surface area contributed by atoms with Crippen LogP contribution in [0.1, 0.15) is 72.2 Å². The molecule has 3 unspecified atom stereocenters. The van der Waals surface area contributed by atoms with Gasteiger partial charge in [-0.1, -0.05) is 31.2 Å². The van der Waals surface area contributed by atoms with E-state index in [0.29, 0.717) is 17.7 Å². The van der Waals surface area contributed by atoms with Gasteiger partial charge < -0.3 is 10.6 Å². The molecule has 0 saturated carbocycles. The van der Waals surface area contributed by atoms with Crippen molar-refractivity contribution in [1.29, 1.82) is 0 Å². The maximum Gasteiger partial charge on any atom is 0.272 e. The van der Waals surface area contributed by atoms with Crippen LogP contribution in [-0.4, -0.2) is 28.8 Å². The second kappa shape index (κ2) is 7.00. The molecule has 2 N–H and O–H groups in total. The van der Waals surface area contributed by atoms with Gasteiger partial charge in [-0.3, -0.25) is 9.48 Å². The number of amides is 1. The van der Waals surface area contributed by atoms with Gasteiger partial charge in [0.05, 0.1) is 12.1 Å². The van der Waals surface area contributed by atoms with Crippen molar-refractivity contribution in [2.24, 2.45) is 0 Å². The third-order valence-electron chi connectivity index (χ3n) is 5.58. The molecule has 1 aromatic heterocycles. The minimum absolute atomic E-state index is 0.0723. The quantitative estimate of drug-likeness (QED) is 0.904. The lowest BCUT2D eigenvalue weighted by Crippen LogP contribution is -2.33. The number of hydrogen-bond donors (Lipinski definition) is 2. The highest BCUT2D eigenvalue weighted by atomic mass is 16.2. The zero-order valence-electron chi connectivity index (χ0n) is 14.7. The molecule has 1 aromatic carbocycles. The van der Waals surface area contributed by atoms with Crippen molar-refractivity contribution < 1.29 is 4.79 Å². The molecular weight excluding hydrogens is 312 g/mol. The molecule has 1 aliphatic heterocycles. The summed E-state index contributed by atoms with van der Waals surface area (Å²) in [5.74, 6) is 0.485. The summed E-state index contributed by atoms with van der Waals surface area (Å²) in [6, 6.07) is 10.7. The minimum atomic E-state index is -0.0723. The SMILES string of the molecule is CC1CCC(NC(=O)c2ccn(C3CCCNC3)n2)c2ccccc21. The first-order chi connectivity index (χ1) is 12.2. The van der Waals surface area contributed by atoms with E-state index in [9.17, 15) is 4.79 Å². The summed E-state index contributed by atoms with van der Waals surface area (Å²) < 4.78 is 1.94. The summed E-state index contributed by atoms with van der Waals surface area (Å²) in [5, 5.41) is 11.1. The van der Waals surface area contributed by atoms with Crippen LogP contribution in [0, 0.1) is 0 Å². The summed E-state index contributed by atoms with van der Waals surface area (Å²) in [6.45, 7) is 4.26. The van der Waals surface area contributed by atoms with Crippen LogP contribution >= 0.6 is 0 Å². The molecule has 25 heavy (non-hydrogen) atoms. The summed E-state index contributed by atoms with van der Waals surface area (Å²) in [4.78, 5) is 12.7. The van der Waals surface area contributed by atoms with Gasteiger partial charge in [0.15, 0.2) is 0 Å². The van der Waals surface area contributed by atoms with Crippen molar-refractivity contribution in [2.75, 3.05) is 13.1 Å². The average molecular weight is 338 g/mol. The number of benzene rings is 1. The second-order valence-electron chi connectivity index (χ2n) is 7.31. The van der Waals surface area contributed by atoms with E-state index in [1.807, 2.05) is 16.9 Å². The predicted octanol–water partition coefficient (Wildman–Crippen LogP) is 3.18. The van der Waals surface area contributed by atoms with Gasteiger partial charge >= 0.3 is 0 Å². The van der Waals surface area contributed by atoms with Crippen LogP contribution in [0.4, 0.5) is 0 Å². The van der Waals surface area contributed by atoms with Crippen LogP contribution in [0.5, 0.6) is 0 Å². The highest BCUT2D eigenvalue weighted by Crippen LogP contribution is 2.37. The lowest BCUT2D eigenvalue weighted by molar-refractivity contribution is 0.0925. The van der Waals surface area contributed by atoms with Crippen molar-refractivity contribution >= 4 is 5.91 Å². The van der Waals surface area contributed by atoms with Crippen LogP contribution < -0.4 is 10.6 Å². The number of fused-ring (bicyclic) bond motifs is 1. The Hall–Kier alpha value is -2.14. The number of nitrogens with zero attached hydrogens (tertiary/aromatic N) is 2. The number of nitrogens with one attached hydrogen (secondary N) is 2. The number of carbonyl (C=O) groups excluding carboxylic acids is 1. The van der Waals surface area contributed by atoms with E-state index in [-0.39, 0.29) is 11.9 Å². The highest BCUT2D eigenvalue weighted by Gasteiger charge is 2.26. The van der Waals surface area contributed by atoms with E-state index in [4.69, 9.17) is 0 Å². The van der Waals surface area contributed by atoms with Gasteiger partial charge in [0, 0.05) is 12.7 Å². The standard InChI is InChI=1S/C20H26N4O/c1-14-8-9-18(17-7-3-2-6-16(14)17)22-20(25)19-10-12-24(23-19)15-5-4-11-21-13-15/h2-3,6-7,10,12,14-15,18,21H,4-5,8-9,11,13H2,1H3,(H,22,25). The highest BCUT2D eigenvalue weighted by molar-refractivity contribution is 5.92. The lowest BCUT2D eigenvalue weighted by Gasteiger charge is -2.30. The summed E-state index contributed by atoms with van der Waals surface area (Å²) in [5.41, 5.74) is 3.13. The molecule has 1 saturated heterocycles. The van der Waals surface area contributed by atoms with Gasteiger partial charge in [-0.2, -0.15) is 5.10 Å². The maximum atomic E-state index is 12.7. The molecule has 0 radical (unpaired) electrons. The van der Waals surface area contributed by atoms with Gasteiger partial charge in [0.1, 0.15) is 5.69 Å². The topological polar surface area (TPSA) is 59.0 Å². The van der Waals surface area contributed by atoms with Crippen molar-refractivity contribution in [3.8, 4) is 0 Å². The molecular formula is C20H26N4O. The zero-order valence-corrected chi connectivity index (χ0v) is 14.7. The van der Waals surface area contributed by atoms with E-state index in [1.165, 1.54) is 11.1 Å². The molecule has 132 valence electrons. The van der Waals surface area contributed by atoms with Crippen molar-refractivity contribution in [1.82, 2.24) is 20.4 Å². The lowest BCUT2D eigenvalue weighted by atomic mass is 9.81. The Morgan fingerprint density at radius 3 is 2.84 bits per heavy atom. The monoisotopic (exact) mass is 338 g/mol. The predicted molar refractivity (Wildman–Crippen MR) is 97.7 cm³/mol. The summed E-state index contributed by atoms with van der Waals surface area (Å²) in [7, 11) is 0. The normalized spacial score (nSPS) is 26.0. The van der Waals surface area contributed by atoms with Crippen LogP contribution in [0.25, 0.3) is 0 Å². The van der Waals surface area contributed by atoms with Crippen molar-refractivity contribution in [2.45, 2.75) is 50.6 Å². The fraction of sp³-hybridized carbons (Fsp3) is 0.500. The fourth-order valence-electron chi connectivity index (χ4n) is 4.11. The van der Waals surface area contributed by atoms with Gasteiger partial charge in [0.2, 0.25) is 0 Å². The van der Waals surface area contributed by atoms with E-state index in [1.54, 1.807) is 0 Å². The Bertz CT molecular complexity index is 748. The summed E-state index contributed by atoms with van der Waals surface area (Å²) >= 11 is 0. The third-order valence-corrected chi connectivity index (χ3v) is 5.58. The van der Waals surface area contributed by atoms with Crippen LogP contribution in [0.15, 0.2) is 36.5 Å². The van der Waals surface area contributed by atoms with Crippen molar-refractivity contribution in [3.63, 3.8) is 0 Å². The van der Waals surface area contributed by atoms with Crippen molar-refractivity contribution in [3.05, 3.63) is 53.3 Å². The molecule has 2 aromatic rings. The van der Waals surface area contributed by atoms with Gasteiger partial charge in [-0.05, 0) is 55.3 Å². The molecule has 0 spiro atoms. The van der Waals surface area contributed by atoms with Gasteiger partial charge in [-0.25, -0.2) is 0 Å². The van der Waals surface area contributed by atoms with E-state index < -0.39 is 0 Å². The Morgan fingerprint density at radius 2 is 2.04 bits per heavy atom. The number of hydrogen-bond acceptors (Lipinski definition) is 3. The molecule has 4 rings (SSSR count). The maximum absolute atomic E-state index is 12.7. The Kier molecular flexibility index (Phi) is 4.57. The van der Waals surface area contributed by atoms with Crippen LogP contribution in [-0.2, 0) is 0 Å². The molecule has 5 nitrogen and oxygen atoms in total. The summed E-state index contributed by atoms with van der Waals surface area (Å²) in [6.07, 6.45) is 6.29. The number of aromatic nitrogens is 2. The first-order valence-electron chi connectivity index (χ1n) is 9.38. The smallest absolute Gasteiger partial charge is 0.272 e. The molecule has 1 amide bonds. The fourth-order valence-corrected chi connectivity index (χ4v) is 4.11. The minimum Gasteiger partial charge on any atom is -0.344 e. The van der Waals surface area contributed by atoms with Crippen LogP contribution in [0.3, 0.4) is 0 Å². The van der Waals surface area contributed by atoms with E-state index >= 15 is 0 Å². The molecule has 2 heterocycles. The van der Waals surface area contributed by atoms with Crippen LogP contribution in [0.2, 0.25) is 0 Å². The number of rotatable bonds is 3. The Labute approximate surface area is 148 Å². The molecule has 2 aliphatic rings. The molecule has 5 heteroatoms. The van der Waals surface area contributed by atoms with Gasteiger partial charge in [0.25, 0.3) is 5.91 Å². The Morgan fingerprint density at radius 1 is 1.20 bits per heavy atom. The van der Waals surface area contributed by atoms with E-state index in [0.717, 1.165) is 38.8 Å². The first-order valence-corrected chi connectivity index (χ1v) is 9.38. The molecule has 1 aliphatic carbocycles. The van der Waals surface area contributed by atoms with Gasteiger partial charge in [-0.15, -0.1) is 0 Å². The third kappa shape index (κ3) is 3.33. The second-order valence-corrected chi connectivity index (χ2v) is 7.31. The molecule has 3 atom stereocenters. The van der Waals surface area contributed by atoms with E-state index in [2.05, 4.69) is 46.9 Å². The number of piperidine rings is 1. The Balaban J connectivity index is 1.47. The molecule has 0 bridgehead atoms. The first kappa shape index (κ1) is 16.3. The average Bonchev–Trinajstić information content (AvgIpc) is 3.15. The molecule has 1 fully saturated rings. The zero-order chi connectivity index (χ0) is 17.2. The number of carbonyl (C=O) groups is 1. The largest absolute Gasteiger partial charge is 0.344 e.